The van der Waals surface area contributed by atoms with E-state index in [9.17, 15) is 4.79 Å². The zero-order valence-electron chi connectivity index (χ0n) is 13.9. The van der Waals surface area contributed by atoms with Crippen molar-refractivity contribution in [2.45, 2.75) is 6.04 Å². The normalized spacial score (nSPS) is 17.6. The predicted octanol–water partition coefficient (Wildman–Crippen LogP) is 1.82. The smallest absolute Gasteiger partial charge is 0.254 e. The summed E-state index contributed by atoms with van der Waals surface area (Å²) in [5.41, 5.74) is 2.52. The van der Waals surface area contributed by atoms with Gasteiger partial charge in [-0.05, 0) is 30.3 Å². The van der Waals surface area contributed by atoms with Crippen molar-refractivity contribution in [1.29, 1.82) is 0 Å². The molecule has 3 aromatic rings. The topological polar surface area (TPSA) is 65.2 Å². The van der Waals surface area contributed by atoms with Crippen LogP contribution in [0, 0.1) is 0 Å². The Morgan fingerprint density at radius 2 is 2.16 bits per heavy atom. The highest BCUT2D eigenvalue weighted by atomic mass is 16.5. The van der Waals surface area contributed by atoms with Gasteiger partial charge in [0.1, 0.15) is 0 Å². The molecule has 1 aromatic carbocycles. The minimum atomic E-state index is -0.0868. The quantitative estimate of drug-likeness (QED) is 0.731. The number of morpholine rings is 1. The van der Waals surface area contributed by atoms with Crippen LogP contribution in [-0.4, -0.2) is 50.1 Å². The van der Waals surface area contributed by atoms with E-state index in [4.69, 9.17) is 4.74 Å². The first-order valence-electron chi connectivity index (χ1n) is 8.21. The Balaban J connectivity index is 1.65. The molecule has 1 saturated heterocycles. The van der Waals surface area contributed by atoms with Crippen LogP contribution in [0.25, 0.3) is 5.69 Å². The number of nitrogens with zero attached hydrogens (tertiary/aromatic N) is 5. The lowest BCUT2D eigenvalue weighted by Crippen LogP contribution is -2.44. The zero-order chi connectivity index (χ0) is 17.2. The van der Waals surface area contributed by atoms with Gasteiger partial charge < -0.3 is 14.2 Å². The summed E-state index contributed by atoms with van der Waals surface area (Å²) in [4.78, 5) is 15.0. The molecule has 1 aliphatic rings. The van der Waals surface area contributed by atoms with Crippen molar-refractivity contribution in [2.24, 2.45) is 7.05 Å². The molecule has 0 aliphatic carbocycles. The Morgan fingerprint density at radius 1 is 1.24 bits per heavy atom. The maximum absolute atomic E-state index is 13.2. The fourth-order valence-corrected chi connectivity index (χ4v) is 3.21. The second-order valence-electron chi connectivity index (χ2n) is 6.03. The van der Waals surface area contributed by atoms with Crippen molar-refractivity contribution >= 4 is 5.91 Å². The molecule has 0 saturated carbocycles. The summed E-state index contributed by atoms with van der Waals surface area (Å²) in [6, 6.07) is 11.4. The molecule has 128 valence electrons. The van der Waals surface area contributed by atoms with E-state index >= 15 is 0 Å². The summed E-state index contributed by atoms with van der Waals surface area (Å²) in [6.45, 7) is 1.63. The summed E-state index contributed by atoms with van der Waals surface area (Å²) in [6.07, 6.45) is 5.35. The minimum Gasteiger partial charge on any atom is -0.377 e. The van der Waals surface area contributed by atoms with Crippen molar-refractivity contribution < 1.29 is 9.53 Å². The molecule has 1 fully saturated rings. The highest BCUT2D eigenvalue weighted by Gasteiger charge is 2.30. The molecule has 0 bridgehead atoms. The van der Waals surface area contributed by atoms with E-state index in [-0.39, 0.29) is 11.9 Å². The summed E-state index contributed by atoms with van der Waals surface area (Å²) in [7, 11) is 1.98. The third-order valence-corrected chi connectivity index (χ3v) is 4.49. The van der Waals surface area contributed by atoms with Crippen LogP contribution in [0.4, 0.5) is 0 Å². The van der Waals surface area contributed by atoms with E-state index in [1.165, 1.54) is 0 Å². The molecule has 1 amide bonds. The monoisotopic (exact) mass is 337 g/mol. The molecule has 25 heavy (non-hydrogen) atoms. The van der Waals surface area contributed by atoms with Crippen molar-refractivity contribution in [3.63, 3.8) is 0 Å². The number of ether oxygens (including phenoxy) is 1. The summed E-state index contributed by atoms with van der Waals surface area (Å²) >= 11 is 0. The second kappa shape index (κ2) is 6.52. The molecular formula is C18H19N5O2. The molecule has 2 aromatic heterocycles. The van der Waals surface area contributed by atoms with Gasteiger partial charge in [-0.1, -0.05) is 11.3 Å². The Bertz CT molecular complexity index is 871. The van der Waals surface area contributed by atoms with Gasteiger partial charge in [-0.25, -0.2) is 4.68 Å². The Kier molecular flexibility index (Phi) is 4.07. The Morgan fingerprint density at radius 3 is 2.92 bits per heavy atom. The minimum absolute atomic E-state index is 0.00327. The van der Waals surface area contributed by atoms with Crippen LogP contribution < -0.4 is 0 Å². The number of hydrogen-bond donors (Lipinski definition) is 0. The van der Waals surface area contributed by atoms with Gasteiger partial charge in [0.15, 0.2) is 0 Å². The van der Waals surface area contributed by atoms with Crippen LogP contribution >= 0.6 is 0 Å². The van der Waals surface area contributed by atoms with E-state index in [2.05, 4.69) is 10.3 Å². The van der Waals surface area contributed by atoms with Gasteiger partial charge in [0.25, 0.3) is 5.91 Å². The van der Waals surface area contributed by atoms with Crippen molar-refractivity contribution in [3.8, 4) is 5.69 Å². The Labute approximate surface area is 145 Å². The van der Waals surface area contributed by atoms with Gasteiger partial charge in [0.2, 0.25) is 0 Å². The number of aromatic nitrogens is 4. The molecule has 1 unspecified atom stereocenters. The molecule has 7 heteroatoms. The zero-order valence-corrected chi connectivity index (χ0v) is 13.9. The molecule has 3 heterocycles. The molecule has 0 spiro atoms. The van der Waals surface area contributed by atoms with Gasteiger partial charge in [0, 0.05) is 31.0 Å². The molecule has 0 N–H and O–H groups in total. The lowest BCUT2D eigenvalue weighted by Gasteiger charge is -2.36. The second-order valence-corrected chi connectivity index (χ2v) is 6.03. The summed E-state index contributed by atoms with van der Waals surface area (Å²) in [5.74, 6) is -0.00327. The van der Waals surface area contributed by atoms with E-state index in [1.54, 1.807) is 17.1 Å². The molecule has 0 radical (unpaired) electrons. The largest absolute Gasteiger partial charge is 0.377 e. The van der Waals surface area contributed by atoms with Gasteiger partial charge in [-0.3, -0.25) is 4.79 Å². The molecular weight excluding hydrogens is 318 g/mol. The van der Waals surface area contributed by atoms with Gasteiger partial charge in [-0.15, -0.1) is 5.10 Å². The molecule has 4 rings (SSSR count). The van der Waals surface area contributed by atoms with Crippen molar-refractivity contribution in [1.82, 2.24) is 24.5 Å². The summed E-state index contributed by atoms with van der Waals surface area (Å²) < 4.78 is 9.31. The number of amides is 1. The third kappa shape index (κ3) is 2.94. The molecule has 1 atom stereocenters. The lowest BCUT2D eigenvalue weighted by atomic mass is 10.1. The number of carbonyl (C=O) groups is 1. The van der Waals surface area contributed by atoms with Crippen molar-refractivity contribution in [3.05, 3.63) is 66.2 Å². The Hall–Kier alpha value is -2.93. The van der Waals surface area contributed by atoms with Crippen LogP contribution in [0.5, 0.6) is 0 Å². The van der Waals surface area contributed by atoms with Crippen LogP contribution in [0.1, 0.15) is 22.1 Å². The van der Waals surface area contributed by atoms with E-state index in [0.29, 0.717) is 25.3 Å². The first kappa shape index (κ1) is 15.6. The predicted molar refractivity (Wildman–Crippen MR) is 91.4 cm³/mol. The van der Waals surface area contributed by atoms with Crippen LogP contribution in [0.3, 0.4) is 0 Å². The first-order valence-corrected chi connectivity index (χ1v) is 8.21. The van der Waals surface area contributed by atoms with Gasteiger partial charge >= 0.3 is 0 Å². The number of hydrogen-bond acceptors (Lipinski definition) is 4. The maximum Gasteiger partial charge on any atom is 0.254 e. The molecule has 7 nitrogen and oxygen atoms in total. The first-order chi connectivity index (χ1) is 12.2. The lowest BCUT2D eigenvalue weighted by molar-refractivity contribution is -0.00463. The average molecular weight is 337 g/mol. The highest BCUT2D eigenvalue weighted by molar-refractivity contribution is 5.95. The third-order valence-electron chi connectivity index (χ3n) is 4.49. The van der Waals surface area contributed by atoms with Gasteiger partial charge in [0.05, 0.1) is 37.3 Å². The van der Waals surface area contributed by atoms with Crippen molar-refractivity contribution in [2.75, 3.05) is 19.8 Å². The number of benzene rings is 1. The fourth-order valence-electron chi connectivity index (χ4n) is 3.21. The number of aryl methyl sites for hydroxylation is 1. The average Bonchev–Trinajstić information content (AvgIpc) is 3.33. The fraction of sp³-hybridized carbons (Fsp3) is 0.278. The molecule has 1 aliphatic heterocycles. The highest BCUT2D eigenvalue weighted by Crippen LogP contribution is 2.26. The standard InChI is InChI=1S/C18H19N5O2/c1-21-8-3-6-16(21)17-13-25-11-10-22(17)18(24)14-4-2-5-15(12-14)23-9-7-19-20-23/h2-9,12,17H,10-11,13H2,1H3. The van der Waals surface area contributed by atoms with E-state index in [0.717, 1.165) is 11.4 Å². The maximum atomic E-state index is 13.2. The number of rotatable bonds is 3. The van der Waals surface area contributed by atoms with Crippen LogP contribution in [0.15, 0.2) is 55.0 Å². The van der Waals surface area contributed by atoms with Crippen LogP contribution in [0.2, 0.25) is 0 Å². The number of carbonyl (C=O) groups excluding carboxylic acids is 1. The summed E-state index contributed by atoms with van der Waals surface area (Å²) in [5, 5.41) is 7.80. The van der Waals surface area contributed by atoms with E-state index in [1.807, 2.05) is 59.1 Å². The van der Waals surface area contributed by atoms with Crippen LogP contribution in [-0.2, 0) is 11.8 Å². The van der Waals surface area contributed by atoms with Gasteiger partial charge in [-0.2, -0.15) is 0 Å². The SMILES string of the molecule is Cn1cccc1C1COCCN1C(=O)c1cccc(-n2ccnn2)c1. The van der Waals surface area contributed by atoms with E-state index < -0.39 is 0 Å².